The Morgan fingerprint density at radius 2 is 1.08 bits per heavy atom. The summed E-state index contributed by atoms with van der Waals surface area (Å²) in [5, 5.41) is 3.79. The van der Waals surface area contributed by atoms with Gasteiger partial charge in [0.15, 0.2) is 0 Å². The number of halogens is 1. The standard InChI is InChI=1S/C21H20BrO2P/c22-17-16-21(23)24-25(18-10-4-1-5-11-18,19-12-6-2-7-13-19)20-14-8-3-9-15-20/h1-15,25H,16-17H2. The van der Waals surface area contributed by atoms with Crippen LogP contribution in [0.3, 0.4) is 0 Å². The zero-order valence-electron chi connectivity index (χ0n) is 13.8. The van der Waals surface area contributed by atoms with E-state index >= 15 is 0 Å². The molecule has 0 saturated heterocycles. The summed E-state index contributed by atoms with van der Waals surface area (Å²) < 4.78 is 6.31. The number of hydrogen-bond donors (Lipinski definition) is 0. The predicted molar refractivity (Wildman–Crippen MR) is 111 cm³/mol. The third-order valence-electron chi connectivity index (χ3n) is 4.11. The van der Waals surface area contributed by atoms with Gasteiger partial charge in [0.2, 0.25) is 0 Å². The van der Waals surface area contributed by atoms with Gasteiger partial charge in [-0.2, -0.15) is 0 Å². The molecule has 0 N–H and O–H groups in total. The minimum atomic E-state index is -2.89. The molecule has 0 aliphatic heterocycles. The van der Waals surface area contributed by atoms with Gasteiger partial charge in [-0.05, 0) is 0 Å². The first-order valence-corrected chi connectivity index (χ1v) is 11.2. The van der Waals surface area contributed by atoms with E-state index in [1.54, 1.807) is 0 Å². The number of rotatable bonds is 6. The van der Waals surface area contributed by atoms with E-state index in [-0.39, 0.29) is 5.97 Å². The summed E-state index contributed by atoms with van der Waals surface area (Å²) in [5.41, 5.74) is 0. The Hall–Kier alpha value is -1.96. The van der Waals surface area contributed by atoms with Crippen molar-refractivity contribution in [3.63, 3.8) is 0 Å². The number of alkyl halides is 1. The molecule has 0 unspecified atom stereocenters. The van der Waals surface area contributed by atoms with E-state index in [4.69, 9.17) is 4.52 Å². The Morgan fingerprint density at radius 3 is 1.40 bits per heavy atom. The monoisotopic (exact) mass is 414 g/mol. The molecule has 0 aliphatic carbocycles. The predicted octanol–water partition coefficient (Wildman–Crippen LogP) is 3.96. The first-order chi connectivity index (χ1) is 12.3. The van der Waals surface area contributed by atoms with Crippen LogP contribution in [0.15, 0.2) is 91.0 Å². The maximum atomic E-state index is 12.6. The number of benzene rings is 3. The summed E-state index contributed by atoms with van der Waals surface area (Å²) in [5.74, 6) is -0.180. The fourth-order valence-corrected chi connectivity index (χ4v) is 7.10. The fourth-order valence-electron chi connectivity index (χ4n) is 2.99. The van der Waals surface area contributed by atoms with Crippen LogP contribution < -0.4 is 15.9 Å². The first kappa shape index (κ1) is 17.8. The van der Waals surface area contributed by atoms with Crippen molar-refractivity contribution >= 4 is 45.3 Å². The number of carbonyl (C=O) groups excluding carboxylic acids is 1. The van der Waals surface area contributed by atoms with Gasteiger partial charge in [0.1, 0.15) is 0 Å². The molecule has 0 bridgehead atoms. The molecular weight excluding hydrogens is 395 g/mol. The zero-order chi connectivity index (χ0) is 17.5. The van der Waals surface area contributed by atoms with E-state index in [0.717, 1.165) is 15.9 Å². The molecule has 128 valence electrons. The van der Waals surface area contributed by atoms with Gasteiger partial charge in [-0.1, -0.05) is 0 Å². The van der Waals surface area contributed by atoms with Gasteiger partial charge in [-0.25, -0.2) is 0 Å². The van der Waals surface area contributed by atoms with Gasteiger partial charge >= 0.3 is 157 Å². The van der Waals surface area contributed by atoms with Gasteiger partial charge in [0, 0.05) is 0 Å². The Morgan fingerprint density at radius 1 is 0.720 bits per heavy atom. The van der Waals surface area contributed by atoms with Crippen LogP contribution in [0.4, 0.5) is 0 Å². The molecule has 0 aromatic heterocycles. The van der Waals surface area contributed by atoms with Gasteiger partial charge in [0.05, 0.1) is 0 Å². The minimum absolute atomic E-state index is 0.180. The summed E-state index contributed by atoms with van der Waals surface area (Å²) in [6.07, 6.45) is 0.348. The van der Waals surface area contributed by atoms with Crippen LogP contribution >= 0.6 is 23.4 Å². The molecule has 2 nitrogen and oxygen atoms in total. The molecule has 3 rings (SSSR count). The molecular formula is C21H20BrO2P. The molecule has 0 atom stereocenters. The van der Waals surface area contributed by atoms with Crippen molar-refractivity contribution in [3.8, 4) is 0 Å². The SMILES string of the molecule is O=C(CCBr)O[PH](c1ccccc1)(c1ccccc1)c1ccccc1. The molecule has 0 amide bonds. The van der Waals surface area contributed by atoms with Gasteiger partial charge in [0.25, 0.3) is 0 Å². The summed E-state index contributed by atoms with van der Waals surface area (Å²) in [6.45, 7) is 0. The molecule has 3 aromatic rings. The van der Waals surface area contributed by atoms with E-state index in [9.17, 15) is 4.79 Å². The topological polar surface area (TPSA) is 26.3 Å². The van der Waals surface area contributed by atoms with E-state index in [0.29, 0.717) is 11.8 Å². The maximum absolute atomic E-state index is 12.6. The summed E-state index contributed by atoms with van der Waals surface area (Å²) in [7, 11) is -2.89. The number of carbonyl (C=O) groups is 1. The number of hydrogen-bond acceptors (Lipinski definition) is 2. The molecule has 0 heterocycles. The van der Waals surface area contributed by atoms with E-state index in [1.165, 1.54) is 0 Å². The van der Waals surface area contributed by atoms with Crippen LogP contribution in [-0.2, 0) is 9.32 Å². The Bertz CT molecular complexity index is 710. The second-order valence-electron chi connectivity index (χ2n) is 5.69. The van der Waals surface area contributed by atoms with Crippen LogP contribution in [0.5, 0.6) is 0 Å². The Balaban J connectivity index is 2.26. The van der Waals surface area contributed by atoms with Gasteiger partial charge < -0.3 is 0 Å². The van der Waals surface area contributed by atoms with Crippen molar-refractivity contribution in [2.75, 3.05) is 5.33 Å². The molecule has 4 heteroatoms. The van der Waals surface area contributed by atoms with Crippen molar-refractivity contribution < 1.29 is 9.32 Å². The first-order valence-electron chi connectivity index (χ1n) is 8.22. The third kappa shape index (κ3) is 3.84. The van der Waals surface area contributed by atoms with Crippen molar-refractivity contribution in [1.82, 2.24) is 0 Å². The fraction of sp³-hybridized carbons (Fsp3) is 0.0952. The molecule has 0 saturated carbocycles. The van der Waals surface area contributed by atoms with Crippen LogP contribution in [0.2, 0.25) is 0 Å². The third-order valence-corrected chi connectivity index (χ3v) is 8.48. The average Bonchev–Trinajstić information content (AvgIpc) is 2.68. The van der Waals surface area contributed by atoms with E-state index < -0.39 is 7.49 Å². The van der Waals surface area contributed by atoms with Crippen molar-refractivity contribution in [1.29, 1.82) is 0 Å². The second kappa shape index (κ2) is 8.42. The van der Waals surface area contributed by atoms with Crippen LogP contribution in [-0.4, -0.2) is 11.3 Å². The molecule has 25 heavy (non-hydrogen) atoms. The molecule has 0 radical (unpaired) electrons. The van der Waals surface area contributed by atoms with Crippen LogP contribution in [0, 0.1) is 0 Å². The normalized spacial score (nSPS) is 11.7. The molecule has 3 aromatic carbocycles. The van der Waals surface area contributed by atoms with E-state index in [2.05, 4.69) is 52.3 Å². The van der Waals surface area contributed by atoms with Crippen LogP contribution in [0.1, 0.15) is 6.42 Å². The summed E-state index contributed by atoms with van der Waals surface area (Å²) >= 11 is 3.34. The molecule has 0 spiro atoms. The quantitative estimate of drug-likeness (QED) is 0.450. The van der Waals surface area contributed by atoms with E-state index in [1.807, 2.05) is 54.6 Å². The Labute approximate surface area is 157 Å². The zero-order valence-corrected chi connectivity index (χ0v) is 16.4. The van der Waals surface area contributed by atoms with Crippen molar-refractivity contribution in [3.05, 3.63) is 91.0 Å². The summed E-state index contributed by atoms with van der Waals surface area (Å²) in [6, 6.07) is 30.3. The second-order valence-corrected chi connectivity index (χ2v) is 9.78. The van der Waals surface area contributed by atoms with Gasteiger partial charge in [-0.3, -0.25) is 0 Å². The molecule has 0 aliphatic rings. The van der Waals surface area contributed by atoms with Crippen LogP contribution in [0.25, 0.3) is 0 Å². The summed E-state index contributed by atoms with van der Waals surface area (Å²) in [4.78, 5) is 12.6. The van der Waals surface area contributed by atoms with Crippen molar-refractivity contribution in [2.45, 2.75) is 6.42 Å². The Kier molecular flexibility index (Phi) is 6.01. The van der Waals surface area contributed by atoms with Crippen molar-refractivity contribution in [2.24, 2.45) is 0 Å². The molecule has 0 fully saturated rings. The van der Waals surface area contributed by atoms with Gasteiger partial charge in [-0.15, -0.1) is 0 Å². The average molecular weight is 415 g/mol.